The first kappa shape index (κ1) is 18.2. The molecule has 0 aliphatic rings. The van der Waals surface area contributed by atoms with Gasteiger partial charge in [0.05, 0.1) is 12.8 Å². The van der Waals surface area contributed by atoms with Gasteiger partial charge in [-0.25, -0.2) is 8.42 Å². The van der Waals surface area contributed by atoms with E-state index in [0.29, 0.717) is 0 Å². The van der Waals surface area contributed by atoms with Crippen molar-refractivity contribution in [2.75, 3.05) is 18.1 Å². The predicted octanol–water partition coefficient (Wildman–Crippen LogP) is 2.70. The number of aryl methyl sites for hydroxylation is 2. The van der Waals surface area contributed by atoms with Crippen LogP contribution in [-0.2, 0) is 21.4 Å². The summed E-state index contributed by atoms with van der Waals surface area (Å²) in [5.41, 5.74) is 3.45. The van der Waals surface area contributed by atoms with E-state index in [1.165, 1.54) is 4.31 Å². The number of carbonyl (C=O) groups excluding carboxylic acids is 1. The van der Waals surface area contributed by atoms with Crippen molar-refractivity contribution in [1.29, 1.82) is 0 Å². The van der Waals surface area contributed by atoms with Gasteiger partial charge in [-0.05, 0) is 30.5 Å². The Morgan fingerprint density at radius 1 is 1.00 bits per heavy atom. The Morgan fingerprint density at radius 2 is 1.58 bits per heavy atom. The number of amides is 1. The van der Waals surface area contributed by atoms with E-state index in [0.717, 1.165) is 28.6 Å². The Morgan fingerprint density at radius 3 is 2.12 bits per heavy atom. The first-order valence-electron chi connectivity index (χ1n) is 7.62. The molecule has 0 spiro atoms. The van der Waals surface area contributed by atoms with E-state index in [-0.39, 0.29) is 19.0 Å². The summed E-state index contributed by atoms with van der Waals surface area (Å²) >= 11 is 0. The molecule has 0 bridgehead atoms. The lowest BCUT2D eigenvalue weighted by Crippen LogP contribution is -2.37. The van der Waals surface area contributed by atoms with Crippen LogP contribution in [0.3, 0.4) is 0 Å². The summed E-state index contributed by atoms with van der Waals surface area (Å²) in [6.45, 7) is 3.75. The van der Waals surface area contributed by atoms with Gasteiger partial charge in [0.1, 0.15) is 0 Å². The molecule has 2 aromatic rings. The van der Waals surface area contributed by atoms with E-state index in [1.54, 1.807) is 0 Å². The van der Waals surface area contributed by atoms with E-state index in [1.807, 2.05) is 62.4 Å². The highest BCUT2D eigenvalue weighted by atomic mass is 32.2. The number of carbonyl (C=O) groups is 1. The second-order valence-electron chi connectivity index (χ2n) is 5.83. The molecule has 0 aromatic heterocycles. The minimum atomic E-state index is -3.50. The van der Waals surface area contributed by atoms with Gasteiger partial charge in [0.15, 0.2) is 0 Å². The van der Waals surface area contributed by atoms with Crippen LogP contribution in [0.2, 0.25) is 0 Å². The third kappa shape index (κ3) is 4.91. The van der Waals surface area contributed by atoms with Gasteiger partial charge in [0.25, 0.3) is 0 Å². The maximum Gasteiger partial charge on any atom is 0.239 e. The molecule has 0 heterocycles. The highest BCUT2D eigenvalue weighted by Gasteiger charge is 2.21. The van der Waals surface area contributed by atoms with Gasteiger partial charge in [-0.1, -0.05) is 48.5 Å². The van der Waals surface area contributed by atoms with Crippen LogP contribution in [0.1, 0.15) is 16.7 Å². The molecule has 0 aliphatic carbocycles. The summed E-state index contributed by atoms with van der Waals surface area (Å²) in [6, 6.07) is 14.9. The summed E-state index contributed by atoms with van der Waals surface area (Å²) in [6.07, 6.45) is 1.11. The van der Waals surface area contributed by atoms with Crippen molar-refractivity contribution in [3.8, 4) is 0 Å². The lowest BCUT2D eigenvalue weighted by atomic mass is 10.1. The van der Waals surface area contributed by atoms with Crippen LogP contribution in [0.15, 0.2) is 48.5 Å². The number of nitrogens with zero attached hydrogens (tertiary/aromatic N) is 1. The Hall–Kier alpha value is -2.18. The molecule has 2 aromatic carbocycles. The Kier molecular flexibility index (Phi) is 5.75. The van der Waals surface area contributed by atoms with E-state index in [2.05, 4.69) is 5.32 Å². The van der Waals surface area contributed by atoms with Crippen LogP contribution < -0.4 is 5.32 Å². The maximum absolute atomic E-state index is 12.3. The van der Waals surface area contributed by atoms with Gasteiger partial charge in [-0.3, -0.25) is 4.79 Å². The summed E-state index contributed by atoms with van der Waals surface area (Å²) < 4.78 is 25.2. The van der Waals surface area contributed by atoms with Crippen molar-refractivity contribution in [3.05, 3.63) is 65.2 Å². The average Bonchev–Trinajstić information content (AvgIpc) is 2.50. The second-order valence-corrected chi connectivity index (χ2v) is 7.81. The molecule has 2 rings (SSSR count). The molecule has 1 amide bonds. The van der Waals surface area contributed by atoms with E-state index >= 15 is 0 Å². The van der Waals surface area contributed by atoms with Crippen molar-refractivity contribution in [2.24, 2.45) is 0 Å². The van der Waals surface area contributed by atoms with Crippen molar-refractivity contribution >= 4 is 21.6 Å². The number of benzene rings is 2. The molecule has 1 N–H and O–H groups in total. The number of nitrogens with one attached hydrogen (secondary N) is 1. The molecule has 0 aliphatic heterocycles. The van der Waals surface area contributed by atoms with Gasteiger partial charge in [-0.2, -0.15) is 4.31 Å². The zero-order chi connectivity index (χ0) is 17.7. The Balaban J connectivity index is 2.13. The molecular weight excluding hydrogens is 324 g/mol. The quantitative estimate of drug-likeness (QED) is 0.874. The molecule has 0 fully saturated rings. The number of anilines is 1. The standard InChI is InChI=1S/C18H22N2O3S/c1-14-8-7-9-15(2)18(14)19-17(21)13-20(24(3,22)23)12-16-10-5-4-6-11-16/h4-11H,12-13H2,1-3H3,(H,19,21). The third-order valence-electron chi connectivity index (χ3n) is 3.74. The fourth-order valence-corrected chi connectivity index (χ4v) is 3.16. The molecule has 0 radical (unpaired) electrons. The molecule has 0 saturated heterocycles. The molecular formula is C18H22N2O3S. The topological polar surface area (TPSA) is 66.5 Å². The summed E-state index contributed by atoms with van der Waals surface area (Å²) in [5, 5.41) is 2.82. The van der Waals surface area contributed by atoms with Crippen molar-refractivity contribution < 1.29 is 13.2 Å². The minimum Gasteiger partial charge on any atom is -0.324 e. The van der Waals surface area contributed by atoms with Gasteiger partial charge in [-0.15, -0.1) is 0 Å². The minimum absolute atomic E-state index is 0.167. The van der Waals surface area contributed by atoms with Crippen LogP contribution in [-0.4, -0.2) is 31.4 Å². The van der Waals surface area contributed by atoms with Crippen LogP contribution in [0, 0.1) is 13.8 Å². The zero-order valence-corrected chi connectivity index (χ0v) is 14.9. The van der Waals surface area contributed by atoms with Gasteiger partial charge in [0.2, 0.25) is 15.9 Å². The van der Waals surface area contributed by atoms with Gasteiger partial charge >= 0.3 is 0 Å². The summed E-state index contributed by atoms with van der Waals surface area (Å²) in [4.78, 5) is 12.3. The van der Waals surface area contributed by atoms with Crippen LogP contribution >= 0.6 is 0 Å². The summed E-state index contributed by atoms with van der Waals surface area (Å²) in [5.74, 6) is -0.353. The van der Waals surface area contributed by atoms with E-state index in [9.17, 15) is 13.2 Å². The zero-order valence-electron chi connectivity index (χ0n) is 14.1. The normalized spacial score (nSPS) is 11.5. The Labute approximate surface area is 143 Å². The number of sulfonamides is 1. The molecule has 5 nitrogen and oxygen atoms in total. The van der Waals surface area contributed by atoms with Crippen molar-refractivity contribution in [2.45, 2.75) is 20.4 Å². The fourth-order valence-electron chi connectivity index (χ4n) is 2.43. The van der Waals surface area contributed by atoms with Crippen LogP contribution in [0.4, 0.5) is 5.69 Å². The van der Waals surface area contributed by atoms with Gasteiger partial charge in [0, 0.05) is 12.2 Å². The van der Waals surface area contributed by atoms with Crippen molar-refractivity contribution in [3.63, 3.8) is 0 Å². The molecule has 0 unspecified atom stereocenters. The number of hydrogen-bond acceptors (Lipinski definition) is 3. The predicted molar refractivity (Wildman–Crippen MR) is 96.2 cm³/mol. The first-order valence-corrected chi connectivity index (χ1v) is 9.47. The molecule has 6 heteroatoms. The third-order valence-corrected chi connectivity index (χ3v) is 4.93. The first-order chi connectivity index (χ1) is 11.3. The summed E-state index contributed by atoms with van der Waals surface area (Å²) in [7, 11) is -3.50. The largest absolute Gasteiger partial charge is 0.324 e. The molecule has 0 saturated carbocycles. The van der Waals surface area contributed by atoms with Crippen LogP contribution in [0.25, 0.3) is 0 Å². The maximum atomic E-state index is 12.3. The highest BCUT2D eigenvalue weighted by molar-refractivity contribution is 7.88. The van der Waals surface area contributed by atoms with E-state index < -0.39 is 10.0 Å². The number of hydrogen-bond donors (Lipinski definition) is 1. The van der Waals surface area contributed by atoms with Crippen molar-refractivity contribution in [1.82, 2.24) is 4.31 Å². The average molecular weight is 346 g/mol. The fraction of sp³-hybridized carbons (Fsp3) is 0.278. The highest BCUT2D eigenvalue weighted by Crippen LogP contribution is 2.19. The lowest BCUT2D eigenvalue weighted by Gasteiger charge is -2.20. The monoisotopic (exact) mass is 346 g/mol. The molecule has 0 atom stereocenters. The van der Waals surface area contributed by atoms with Crippen LogP contribution in [0.5, 0.6) is 0 Å². The number of para-hydroxylation sites is 1. The van der Waals surface area contributed by atoms with Gasteiger partial charge < -0.3 is 5.32 Å². The lowest BCUT2D eigenvalue weighted by molar-refractivity contribution is -0.116. The SMILES string of the molecule is Cc1cccc(C)c1NC(=O)CN(Cc1ccccc1)S(C)(=O)=O. The van der Waals surface area contributed by atoms with E-state index in [4.69, 9.17) is 0 Å². The molecule has 24 heavy (non-hydrogen) atoms. The molecule has 128 valence electrons. The second kappa shape index (κ2) is 7.59. The Bertz CT molecular complexity index is 797. The number of rotatable bonds is 6. The smallest absolute Gasteiger partial charge is 0.239 e.